The van der Waals surface area contributed by atoms with Crippen LogP contribution in [0.2, 0.25) is 0 Å². The molecule has 0 bridgehead atoms. The molecule has 6 heteroatoms. The second-order valence-corrected chi connectivity index (χ2v) is 7.44. The minimum atomic E-state index is 0.139. The van der Waals surface area contributed by atoms with Crippen LogP contribution in [0.1, 0.15) is 53.7 Å². The predicted octanol–water partition coefficient (Wildman–Crippen LogP) is 3.93. The quantitative estimate of drug-likeness (QED) is 0.514. The van der Waals surface area contributed by atoms with Crippen molar-refractivity contribution in [3.05, 3.63) is 53.3 Å². The molecular weight excluding hydrogens is 332 g/mol. The molecule has 1 aliphatic carbocycles. The van der Waals surface area contributed by atoms with Crippen LogP contribution in [-0.2, 0) is 6.42 Å². The lowest BCUT2D eigenvalue weighted by molar-refractivity contribution is 0.0962. The Bertz CT molecular complexity index is 906. The minimum absolute atomic E-state index is 0.139. The van der Waals surface area contributed by atoms with E-state index < -0.39 is 0 Å². The molecule has 2 aromatic heterocycles. The first-order valence-electron chi connectivity index (χ1n) is 8.72. The zero-order valence-corrected chi connectivity index (χ0v) is 15.0. The molecule has 0 unspecified atom stereocenters. The van der Waals surface area contributed by atoms with Crippen molar-refractivity contribution in [2.45, 2.75) is 43.7 Å². The Morgan fingerprint density at radius 3 is 2.84 bits per heavy atom. The molecule has 0 aliphatic heterocycles. The molecule has 128 valence electrons. The number of benzene rings is 1. The standard InChI is InChI=1S/C19H20N4OS/c1-2-3-9-25-19-21-18-20-16-10-14(13-7-5-4-6-8-13)11-17(24)15(16)12-23(18)22-19/h4-8,12,14H,2-3,9-11H2,1H3/t14-/m1/s1. The van der Waals surface area contributed by atoms with Crippen LogP contribution in [-0.4, -0.2) is 31.1 Å². The number of ketones is 1. The van der Waals surface area contributed by atoms with Gasteiger partial charge >= 0.3 is 0 Å². The van der Waals surface area contributed by atoms with E-state index in [0.717, 1.165) is 35.9 Å². The van der Waals surface area contributed by atoms with Gasteiger partial charge in [-0.2, -0.15) is 4.98 Å². The monoisotopic (exact) mass is 352 g/mol. The predicted molar refractivity (Wildman–Crippen MR) is 98.2 cm³/mol. The molecule has 1 aromatic carbocycles. The van der Waals surface area contributed by atoms with Crippen LogP contribution >= 0.6 is 11.8 Å². The average Bonchev–Trinajstić information content (AvgIpc) is 3.03. The molecule has 0 radical (unpaired) electrons. The first-order chi connectivity index (χ1) is 12.2. The van der Waals surface area contributed by atoms with Crippen molar-refractivity contribution in [2.24, 2.45) is 0 Å². The average molecular weight is 352 g/mol. The van der Waals surface area contributed by atoms with Crippen molar-refractivity contribution in [3.63, 3.8) is 0 Å². The van der Waals surface area contributed by atoms with E-state index in [2.05, 4.69) is 34.1 Å². The van der Waals surface area contributed by atoms with Gasteiger partial charge in [0, 0.05) is 18.4 Å². The molecule has 25 heavy (non-hydrogen) atoms. The van der Waals surface area contributed by atoms with Crippen LogP contribution < -0.4 is 0 Å². The molecular formula is C19H20N4OS. The second-order valence-electron chi connectivity index (χ2n) is 6.38. The maximum absolute atomic E-state index is 12.6. The van der Waals surface area contributed by atoms with E-state index in [9.17, 15) is 4.79 Å². The van der Waals surface area contributed by atoms with Crippen molar-refractivity contribution >= 4 is 23.3 Å². The highest BCUT2D eigenvalue weighted by molar-refractivity contribution is 7.99. The minimum Gasteiger partial charge on any atom is -0.294 e. The highest BCUT2D eigenvalue weighted by Gasteiger charge is 2.28. The first-order valence-corrected chi connectivity index (χ1v) is 9.70. The van der Waals surface area contributed by atoms with Gasteiger partial charge < -0.3 is 0 Å². The number of thioether (sulfide) groups is 1. The molecule has 1 atom stereocenters. The van der Waals surface area contributed by atoms with Gasteiger partial charge in [-0.15, -0.1) is 5.10 Å². The number of Topliss-reactive ketones (excluding diaryl/α,β-unsaturated/α-hetero) is 1. The van der Waals surface area contributed by atoms with Gasteiger partial charge in [-0.05, 0) is 24.3 Å². The Balaban J connectivity index is 1.64. The fourth-order valence-electron chi connectivity index (χ4n) is 3.19. The second kappa shape index (κ2) is 6.96. The third kappa shape index (κ3) is 3.31. The summed E-state index contributed by atoms with van der Waals surface area (Å²) < 4.78 is 1.65. The topological polar surface area (TPSA) is 60.1 Å². The molecule has 0 N–H and O–H groups in total. The number of nitrogens with zero attached hydrogens (tertiary/aromatic N) is 4. The highest BCUT2D eigenvalue weighted by Crippen LogP contribution is 2.32. The maximum atomic E-state index is 12.6. The number of fused-ring (bicyclic) bond motifs is 2. The Labute approximate surface area is 150 Å². The van der Waals surface area contributed by atoms with Crippen LogP contribution in [0.15, 0.2) is 41.7 Å². The Hall–Kier alpha value is -2.21. The van der Waals surface area contributed by atoms with Gasteiger partial charge in [-0.25, -0.2) is 9.50 Å². The van der Waals surface area contributed by atoms with Gasteiger partial charge in [0.15, 0.2) is 5.78 Å². The molecule has 0 saturated heterocycles. The molecule has 0 amide bonds. The van der Waals surface area contributed by atoms with E-state index in [1.54, 1.807) is 22.5 Å². The number of aromatic nitrogens is 4. The van der Waals surface area contributed by atoms with Crippen LogP contribution in [0, 0.1) is 0 Å². The van der Waals surface area contributed by atoms with Gasteiger partial charge in [0.1, 0.15) is 0 Å². The van der Waals surface area contributed by atoms with Crippen molar-refractivity contribution in [1.29, 1.82) is 0 Å². The normalized spacial score (nSPS) is 17.0. The van der Waals surface area contributed by atoms with Gasteiger partial charge in [-0.1, -0.05) is 55.4 Å². The lowest BCUT2D eigenvalue weighted by atomic mass is 9.82. The SMILES string of the molecule is CCCCSc1nc2nc3c(cn2n1)C(=O)C[C@H](c1ccccc1)C3. The number of unbranched alkanes of at least 4 members (excludes halogenated alkanes) is 1. The van der Waals surface area contributed by atoms with E-state index in [4.69, 9.17) is 0 Å². The maximum Gasteiger partial charge on any atom is 0.253 e. The molecule has 3 aromatic rings. The van der Waals surface area contributed by atoms with E-state index in [-0.39, 0.29) is 11.7 Å². The zero-order valence-electron chi connectivity index (χ0n) is 14.2. The van der Waals surface area contributed by atoms with Crippen LogP contribution in [0.5, 0.6) is 0 Å². The number of carbonyl (C=O) groups is 1. The number of rotatable bonds is 5. The van der Waals surface area contributed by atoms with Crippen molar-refractivity contribution in [2.75, 3.05) is 5.75 Å². The summed E-state index contributed by atoms with van der Waals surface area (Å²) in [5, 5.41) is 5.19. The fraction of sp³-hybridized carbons (Fsp3) is 0.368. The van der Waals surface area contributed by atoms with Crippen LogP contribution in [0.3, 0.4) is 0 Å². The smallest absolute Gasteiger partial charge is 0.253 e. The van der Waals surface area contributed by atoms with Gasteiger partial charge in [-0.3, -0.25) is 4.79 Å². The largest absolute Gasteiger partial charge is 0.294 e. The molecule has 2 heterocycles. The molecule has 0 fully saturated rings. The van der Waals surface area contributed by atoms with Gasteiger partial charge in [0.25, 0.3) is 5.78 Å². The van der Waals surface area contributed by atoms with E-state index in [1.807, 2.05) is 18.2 Å². The Morgan fingerprint density at radius 1 is 1.20 bits per heavy atom. The van der Waals surface area contributed by atoms with E-state index >= 15 is 0 Å². The number of carbonyl (C=O) groups excluding carboxylic acids is 1. The van der Waals surface area contributed by atoms with Gasteiger partial charge in [0.05, 0.1) is 11.3 Å². The fourth-order valence-corrected chi connectivity index (χ4v) is 4.10. The van der Waals surface area contributed by atoms with E-state index in [0.29, 0.717) is 17.8 Å². The summed E-state index contributed by atoms with van der Waals surface area (Å²) in [6.45, 7) is 2.17. The summed E-state index contributed by atoms with van der Waals surface area (Å²) in [6.07, 6.45) is 5.39. The zero-order chi connectivity index (χ0) is 17.2. The summed E-state index contributed by atoms with van der Waals surface area (Å²) in [4.78, 5) is 21.8. The number of hydrogen-bond donors (Lipinski definition) is 0. The first kappa shape index (κ1) is 16.3. The number of hydrogen-bond acceptors (Lipinski definition) is 5. The Morgan fingerprint density at radius 2 is 2.04 bits per heavy atom. The lowest BCUT2D eigenvalue weighted by Crippen LogP contribution is -2.21. The molecule has 5 nitrogen and oxygen atoms in total. The van der Waals surface area contributed by atoms with Crippen molar-refractivity contribution < 1.29 is 4.79 Å². The molecule has 0 saturated carbocycles. The summed E-state index contributed by atoms with van der Waals surface area (Å²) >= 11 is 1.64. The lowest BCUT2D eigenvalue weighted by Gasteiger charge is -2.22. The van der Waals surface area contributed by atoms with Crippen LogP contribution in [0.25, 0.3) is 5.78 Å². The van der Waals surface area contributed by atoms with Gasteiger partial charge in [0.2, 0.25) is 5.16 Å². The Kier molecular flexibility index (Phi) is 4.53. The summed E-state index contributed by atoms with van der Waals surface area (Å²) in [6, 6.07) is 10.2. The molecule has 0 spiro atoms. The highest BCUT2D eigenvalue weighted by atomic mass is 32.2. The molecule has 1 aliphatic rings. The summed E-state index contributed by atoms with van der Waals surface area (Å²) in [5.74, 6) is 1.92. The summed E-state index contributed by atoms with van der Waals surface area (Å²) in [5.41, 5.74) is 2.73. The van der Waals surface area contributed by atoms with Crippen LogP contribution in [0.4, 0.5) is 0 Å². The molecule has 4 rings (SSSR count). The van der Waals surface area contributed by atoms with Crippen molar-refractivity contribution in [3.8, 4) is 0 Å². The third-order valence-electron chi connectivity index (χ3n) is 4.56. The van der Waals surface area contributed by atoms with E-state index in [1.165, 1.54) is 5.56 Å². The third-order valence-corrected chi connectivity index (χ3v) is 5.49. The summed E-state index contributed by atoms with van der Waals surface area (Å²) in [7, 11) is 0. The van der Waals surface area contributed by atoms with Crippen molar-refractivity contribution in [1.82, 2.24) is 19.6 Å².